The Morgan fingerprint density at radius 3 is 2.41 bits per heavy atom. The Bertz CT molecular complexity index is 523. The summed E-state index contributed by atoms with van der Waals surface area (Å²) in [6, 6.07) is 8.56. The fourth-order valence-corrected chi connectivity index (χ4v) is 5.31. The van der Waals surface area contributed by atoms with Crippen LogP contribution in [0.1, 0.15) is 32.6 Å². The second kappa shape index (κ2) is 7.56. The van der Waals surface area contributed by atoms with Gasteiger partial charge in [-0.3, -0.25) is 0 Å². The highest BCUT2D eigenvalue weighted by Crippen LogP contribution is 2.25. The van der Waals surface area contributed by atoms with Crippen LogP contribution in [0.5, 0.6) is 0 Å². The van der Waals surface area contributed by atoms with Crippen molar-refractivity contribution in [2.75, 3.05) is 26.2 Å². The lowest BCUT2D eigenvalue weighted by Crippen LogP contribution is -2.47. The Labute approximate surface area is 144 Å². The maximum absolute atomic E-state index is 12.7. The smallest absolute Gasteiger partial charge is 0.127 e. The molecule has 2 aliphatic heterocycles. The van der Waals surface area contributed by atoms with Gasteiger partial charge in [-0.05, 0) is 62.9 Å². The number of rotatable bonds is 3. The number of likely N-dealkylation sites (tertiary alicyclic amines) is 1. The van der Waals surface area contributed by atoms with Crippen molar-refractivity contribution >= 4 is 26.9 Å². The first-order valence-electron chi connectivity index (χ1n) is 8.30. The molecule has 0 saturated carbocycles. The van der Waals surface area contributed by atoms with Gasteiger partial charge in [0.1, 0.15) is 11.0 Å². The zero-order valence-corrected chi connectivity index (χ0v) is 15.6. The van der Waals surface area contributed by atoms with Gasteiger partial charge in [0.15, 0.2) is 0 Å². The van der Waals surface area contributed by atoms with Crippen LogP contribution in [0.25, 0.3) is 0 Å². The average Bonchev–Trinajstić information content (AvgIpc) is 2.55. The highest BCUT2D eigenvalue weighted by molar-refractivity contribution is 9.10. The van der Waals surface area contributed by atoms with E-state index in [9.17, 15) is 4.21 Å². The number of nitrogens with zero attached hydrogens (tertiary/aromatic N) is 2. The molecule has 1 aromatic carbocycles. The van der Waals surface area contributed by atoms with Gasteiger partial charge in [-0.25, -0.2) is 8.51 Å². The molecular weight excluding hydrogens is 360 g/mol. The summed E-state index contributed by atoms with van der Waals surface area (Å²) in [7, 11) is -1.02. The molecule has 0 amide bonds. The molecule has 2 aliphatic rings. The maximum Gasteiger partial charge on any atom is 0.127 e. The van der Waals surface area contributed by atoms with Crippen LogP contribution in [0.4, 0.5) is 0 Å². The third kappa shape index (κ3) is 3.99. The van der Waals surface area contributed by atoms with E-state index in [1.165, 1.54) is 25.9 Å². The van der Waals surface area contributed by atoms with E-state index >= 15 is 0 Å². The molecule has 122 valence electrons. The van der Waals surface area contributed by atoms with Gasteiger partial charge in [0.05, 0.1) is 4.90 Å². The lowest BCUT2D eigenvalue weighted by molar-refractivity contribution is 0.102. The zero-order chi connectivity index (χ0) is 15.5. The molecule has 2 fully saturated rings. The Morgan fingerprint density at radius 1 is 1.09 bits per heavy atom. The van der Waals surface area contributed by atoms with Crippen LogP contribution >= 0.6 is 15.9 Å². The van der Waals surface area contributed by atoms with Crippen LogP contribution < -0.4 is 0 Å². The molecule has 0 aromatic heterocycles. The second-order valence-corrected chi connectivity index (χ2v) is 8.99. The molecular formula is C17H25BrN2OS. The van der Waals surface area contributed by atoms with Gasteiger partial charge in [-0.1, -0.05) is 28.9 Å². The van der Waals surface area contributed by atoms with E-state index in [0.717, 1.165) is 41.2 Å². The number of benzene rings is 1. The monoisotopic (exact) mass is 384 g/mol. The molecule has 1 unspecified atom stereocenters. The molecule has 22 heavy (non-hydrogen) atoms. The minimum Gasteiger partial charge on any atom is -0.300 e. The van der Waals surface area contributed by atoms with Crippen LogP contribution in [0.3, 0.4) is 0 Å². The van der Waals surface area contributed by atoms with Crippen molar-refractivity contribution in [3.8, 4) is 0 Å². The molecule has 2 heterocycles. The molecule has 0 bridgehead atoms. The highest BCUT2D eigenvalue weighted by atomic mass is 79.9. The average molecular weight is 385 g/mol. The summed E-state index contributed by atoms with van der Waals surface area (Å²) in [5.74, 6) is 0.889. The van der Waals surface area contributed by atoms with Gasteiger partial charge in [0.25, 0.3) is 0 Å². The summed E-state index contributed by atoms with van der Waals surface area (Å²) in [5, 5.41) is 0. The summed E-state index contributed by atoms with van der Waals surface area (Å²) in [6.45, 7) is 6.74. The Kier molecular flexibility index (Phi) is 5.71. The quantitative estimate of drug-likeness (QED) is 0.793. The summed E-state index contributed by atoms with van der Waals surface area (Å²) < 4.78 is 15.8. The van der Waals surface area contributed by atoms with Crippen molar-refractivity contribution in [2.45, 2.75) is 43.5 Å². The third-order valence-electron chi connectivity index (χ3n) is 4.99. The third-order valence-corrected chi connectivity index (χ3v) is 6.97. The number of hydrogen-bond donors (Lipinski definition) is 0. The van der Waals surface area contributed by atoms with Crippen molar-refractivity contribution in [2.24, 2.45) is 5.92 Å². The molecule has 0 radical (unpaired) electrons. The minimum atomic E-state index is -1.02. The first kappa shape index (κ1) is 16.6. The first-order chi connectivity index (χ1) is 10.6. The van der Waals surface area contributed by atoms with Crippen LogP contribution in [0.15, 0.2) is 33.6 Å². The van der Waals surface area contributed by atoms with Gasteiger partial charge < -0.3 is 4.90 Å². The van der Waals surface area contributed by atoms with E-state index in [0.29, 0.717) is 6.04 Å². The van der Waals surface area contributed by atoms with E-state index < -0.39 is 11.0 Å². The Hall–Kier alpha value is -0.230. The van der Waals surface area contributed by atoms with Crippen molar-refractivity contribution in [3.63, 3.8) is 0 Å². The van der Waals surface area contributed by atoms with Gasteiger partial charge in [0.2, 0.25) is 0 Å². The van der Waals surface area contributed by atoms with Gasteiger partial charge in [-0.2, -0.15) is 0 Å². The summed E-state index contributed by atoms with van der Waals surface area (Å²) in [5.41, 5.74) is 0. The molecule has 1 aromatic rings. The Morgan fingerprint density at radius 2 is 1.77 bits per heavy atom. The minimum absolute atomic E-state index is 0.697. The lowest BCUT2D eigenvalue weighted by Gasteiger charge is -2.40. The van der Waals surface area contributed by atoms with E-state index in [1.54, 1.807) is 0 Å². The van der Waals surface area contributed by atoms with Crippen molar-refractivity contribution in [3.05, 3.63) is 28.7 Å². The summed E-state index contributed by atoms with van der Waals surface area (Å²) >= 11 is 3.46. The SMILES string of the molecule is CC1CCN(C2CCN(S(=O)c3cccc(Br)c3)CC2)CC1. The van der Waals surface area contributed by atoms with Gasteiger partial charge in [-0.15, -0.1) is 0 Å². The van der Waals surface area contributed by atoms with Crippen LogP contribution in [0, 0.1) is 5.92 Å². The summed E-state index contributed by atoms with van der Waals surface area (Å²) in [6.07, 6.45) is 4.97. The number of hydrogen-bond acceptors (Lipinski definition) is 2. The first-order valence-corrected chi connectivity index (χ1v) is 10.2. The van der Waals surface area contributed by atoms with Crippen LogP contribution in [-0.2, 0) is 11.0 Å². The predicted octanol–water partition coefficient (Wildman–Crippen LogP) is 3.67. The van der Waals surface area contributed by atoms with Crippen LogP contribution in [0.2, 0.25) is 0 Å². The molecule has 0 spiro atoms. The van der Waals surface area contributed by atoms with Crippen molar-refractivity contribution in [1.82, 2.24) is 9.21 Å². The zero-order valence-electron chi connectivity index (χ0n) is 13.2. The molecule has 1 atom stereocenters. The second-order valence-electron chi connectivity index (χ2n) is 6.59. The molecule has 3 nitrogen and oxygen atoms in total. The van der Waals surface area contributed by atoms with Crippen molar-refractivity contribution in [1.29, 1.82) is 0 Å². The molecule has 2 saturated heterocycles. The predicted molar refractivity (Wildman–Crippen MR) is 95.1 cm³/mol. The molecule has 3 rings (SSSR count). The van der Waals surface area contributed by atoms with E-state index in [2.05, 4.69) is 32.1 Å². The fraction of sp³-hybridized carbons (Fsp3) is 0.647. The Balaban J connectivity index is 1.54. The standard InChI is InChI=1S/C17H25BrN2OS/c1-14-5-9-19(10-6-14)16-7-11-20(12-8-16)22(21)17-4-2-3-15(18)13-17/h2-4,13-14,16H,5-12H2,1H3. The maximum atomic E-state index is 12.7. The molecule has 0 aliphatic carbocycles. The van der Waals surface area contributed by atoms with E-state index in [1.807, 2.05) is 24.3 Å². The highest BCUT2D eigenvalue weighted by Gasteiger charge is 2.29. The lowest BCUT2D eigenvalue weighted by atomic mass is 9.95. The number of halogens is 1. The van der Waals surface area contributed by atoms with E-state index in [4.69, 9.17) is 0 Å². The molecule has 5 heteroatoms. The van der Waals surface area contributed by atoms with Gasteiger partial charge in [0, 0.05) is 23.6 Å². The number of piperidine rings is 2. The normalized spacial score (nSPS) is 24.5. The summed E-state index contributed by atoms with van der Waals surface area (Å²) in [4.78, 5) is 3.57. The van der Waals surface area contributed by atoms with Gasteiger partial charge >= 0.3 is 0 Å². The van der Waals surface area contributed by atoms with Crippen LogP contribution in [-0.4, -0.2) is 45.6 Å². The largest absolute Gasteiger partial charge is 0.300 e. The molecule has 0 N–H and O–H groups in total. The fourth-order valence-electron chi connectivity index (χ4n) is 3.49. The topological polar surface area (TPSA) is 23.6 Å². The van der Waals surface area contributed by atoms with Crippen molar-refractivity contribution < 1.29 is 4.21 Å². The van der Waals surface area contributed by atoms with E-state index in [-0.39, 0.29) is 0 Å².